The molecule has 0 bridgehead atoms. The second kappa shape index (κ2) is 8.33. The molecule has 2 aromatic carbocycles. The molecule has 0 N–H and O–H groups in total. The summed E-state index contributed by atoms with van der Waals surface area (Å²) < 4.78 is 0. The first-order chi connectivity index (χ1) is 11.8. The standard InChI is InChI=1S/C24H30/c1-3-5-6-21-13-15-24-18-22(14-16-23(24)17-21)12-11-20-9-7-19(4-2)8-10-20/h3,7-10,13,15,17,22H,1,4-6,11-12,14,16,18H2,2H3. The van der Waals surface area contributed by atoms with E-state index >= 15 is 0 Å². The maximum absolute atomic E-state index is 3.83. The van der Waals surface area contributed by atoms with Crippen molar-refractivity contribution in [3.8, 4) is 0 Å². The minimum atomic E-state index is 0.849. The zero-order chi connectivity index (χ0) is 16.8. The summed E-state index contributed by atoms with van der Waals surface area (Å²) in [7, 11) is 0. The Balaban J connectivity index is 1.55. The van der Waals surface area contributed by atoms with Gasteiger partial charge in [-0.2, -0.15) is 0 Å². The highest BCUT2D eigenvalue weighted by atomic mass is 14.2. The normalized spacial score (nSPS) is 16.6. The third-order valence-corrected chi connectivity index (χ3v) is 5.51. The van der Waals surface area contributed by atoms with Crippen molar-refractivity contribution in [2.45, 2.75) is 58.3 Å². The molecule has 0 radical (unpaired) electrons. The summed E-state index contributed by atoms with van der Waals surface area (Å²) >= 11 is 0. The van der Waals surface area contributed by atoms with E-state index in [-0.39, 0.29) is 0 Å². The summed E-state index contributed by atoms with van der Waals surface area (Å²) in [5.41, 5.74) is 7.61. The van der Waals surface area contributed by atoms with E-state index in [1.807, 2.05) is 6.08 Å². The Morgan fingerprint density at radius 3 is 2.46 bits per heavy atom. The van der Waals surface area contributed by atoms with Crippen molar-refractivity contribution in [1.82, 2.24) is 0 Å². The van der Waals surface area contributed by atoms with Crippen LogP contribution in [-0.4, -0.2) is 0 Å². The fourth-order valence-electron chi connectivity index (χ4n) is 3.87. The maximum atomic E-state index is 3.83. The molecule has 0 heterocycles. The quantitative estimate of drug-likeness (QED) is 0.541. The zero-order valence-electron chi connectivity index (χ0n) is 15.1. The molecule has 1 aliphatic carbocycles. The first-order valence-electron chi connectivity index (χ1n) is 9.58. The lowest BCUT2D eigenvalue weighted by atomic mass is 9.80. The Hall–Kier alpha value is -1.82. The van der Waals surface area contributed by atoms with Gasteiger partial charge in [-0.15, -0.1) is 6.58 Å². The van der Waals surface area contributed by atoms with E-state index in [4.69, 9.17) is 0 Å². The van der Waals surface area contributed by atoms with E-state index in [1.165, 1.54) is 48.8 Å². The molecule has 0 heteroatoms. The summed E-state index contributed by atoms with van der Waals surface area (Å²) in [6.07, 6.45) is 11.8. The van der Waals surface area contributed by atoms with E-state index in [9.17, 15) is 0 Å². The van der Waals surface area contributed by atoms with Crippen molar-refractivity contribution in [3.05, 3.63) is 82.9 Å². The fourth-order valence-corrected chi connectivity index (χ4v) is 3.87. The molecule has 1 aliphatic rings. The lowest BCUT2D eigenvalue weighted by Gasteiger charge is -2.25. The van der Waals surface area contributed by atoms with E-state index in [1.54, 1.807) is 11.1 Å². The van der Waals surface area contributed by atoms with Gasteiger partial charge in [0, 0.05) is 0 Å². The number of aryl methyl sites for hydroxylation is 4. The summed E-state index contributed by atoms with van der Waals surface area (Å²) in [6, 6.07) is 16.4. The van der Waals surface area contributed by atoms with Gasteiger partial charge in [0.15, 0.2) is 0 Å². The highest BCUT2D eigenvalue weighted by molar-refractivity contribution is 5.34. The van der Waals surface area contributed by atoms with Gasteiger partial charge in [0.1, 0.15) is 0 Å². The third-order valence-electron chi connectivity index (χ3n) is 5.51. The van der Waals surface area contributed by atoms with Crippen LogP contribution < -0.4 is 0 Å². The minimum Gasteiger partial charge on any atom is -0.103 e. The Morgan fingerprint density at radius 2 is 1.71 bits per heavy atom. The number of hydrogen-bond donors (Lipinski definition) is 0. The van der Waals surface area contributed by atoms with Gasteiger partial charge in [-0.25, -0.2) is 0 Å². The fraction of sp³-hybridized carbons (Fsp3) is 0.417. The van der Waals surface area contributed by atoms with Gasteiger partial charge in [0.2, 0.25) is 0 Å². The van der Waals surface area contributed by atoms with Crippen LogP contribution in [0, 0.1) is 5.92 Å². The van der Waals surface area contributed by atoms with Crippen LogP contribution in [0.5, 0.6) is 0 Å². The maximum Gasteiger partial charge on any atom is -0.0244 e. The Kier molecular flexibility index (Phi) is 5.91. The summed E-state index contributed by atoms with van der Waals surface area (Å²) in [5.74, 6) is 0.849. The summed E-state index contributed by atoms with van der Waals surface area (Å²) in [4.78, 5) is 0. The molecule has 1 unspecified atom stereocenters. The molecule has 1 atom stereocenters. The molecular formula is C24H30. The topological polar surface area (TPSA) is 0 Å². The average molecular weight is 319 g/mol. The Morgan fingerprint density at radius 1 is 0.958 bits per heavy atom. The smallest absolute Gasteiger partial charge is 0.0244 e. The molecule has 0 spiro atoms. The van der Waals surface area contributed by atoms with Crippen molar-refractivity contribution in [2.75, 3.05) is 0 Å². The molecule has 0 aromatic heterocycles. The van der Waals surface area contributed by atoms with Crippen molar-refractivity contribution in [3.63, 3.8) is 0 Å². The molecule has 0 fully saturated rings. The first-order valence-corrected chi connectivity index (χ1v) is 9.58. The van der Waals surface area contributed by atoms with Crippen LogP contribution in [0.25, 0.3) is 0 Å². The number of hydrogen-bond acceptors (Lipinski definition) is 0. The highest BCUT2D eigenvalue weighted by Crippen LogP contribution is 2.29. The second-order valence-corrected chi connectivity index (χ2v) is 7.25. The van der Waals surface area contributed by atoms with E-state index in [0.717, 1.165) is 25.2 Å². The number of rotatable bonds is 7. The second-order valence-electron chi connectivity index (χ2n) is 7.25. The molecule has 0 nitrogen and oxygen atoms in total. The number of benzene rings is 2. The SMILES string of the molecule is C=CCCc1ccc2c(c1)CCC(CCc1ccc(CC)cc1)C2. The predicted molar refractivity (Wildman–Crippen MR) is 105 cm³/mol. The molecule has 3 rings (SSSR count). The monoisotopic (exact) mass is 318 g/mol. The van der Waals surface area contributed by atoms with Crippen LogP contribution in [0.1, 0.15) is 54.0 Å². The summed E-state index contributed by atoms with van der Waals surface area (Å²) in [6.45, 7) is 6.05. The Labute approximate surface area is 147 Å². The molecule has 0 aliphatic heterocycles. The van der Waals surface area contributed by atoms with Crippen LogP contribution >= 0.6 is 0 Å². The highest BCUT2D eigenvalue weighted by Gasteiger charge is 2.18. The molecular weight excluding hydrogens is 288 g/mol. The van der Waals surface area contributed by atoms with Crippen LogP contribution in [0.2, 0.25) is 0 Å². The van der Waals surface area contributed by atoms with Crippen molar-refractivity contribution < 1.29 is 0 Å². The van der Waals surface area contributed by atoms with Gasteiger partial charge in [-0.05, 0) is 85.1 Å². The van der Waals surface area contributed by atoms with Crippen LogP contribution in [-0.2, 0) is 32.1 Å². The predicted octanol–water partition coefficient (Wildman–Crippen LogP) is 6.11. The van der Waals surface area contributed by atoms with Gasteiger partial charge in [-0.1, -0.05) is 55.5 Å². The van der Waals surface area contributed by atoms with Gasteiger partial charge >= 0.3 is 0 Å². The van der Waals surface area contributed by atoms with Crippen LogP contribution in [0.15, 0.2) is 55.1 Å². The lowest BCUT2D eigenvalue weighted by Crippen LogP contribution is -2.15. The largest absolute Gasteiger partial charge is 0.103 e. The average Bonchev–Trinajstić information content (AvgIpc) is 2.64. The zero-order valence-corrected chi connectivity index (χ0v) is 15.1. The van der Waals surface area contributed by atoms with Gasteiger partial charge < -0.3 is 0 Å². The van der Waals surface area contributed by atoms with E-state index in [2.05, 4.69) is 56.0 Å². The molecule has 126 valence electrons. The van der Waals surface area contributed by atoms with Gasteiger partial charge in [-0.3, -0.25) is 0 Å². The third kappa shape index (κ3) is 4.38. The van der Waals surface area contributed by atoms with Crippen LogP contribution in [0.4, 0.5) is 0 Å². The number of fused-ring (bicyclic) bond motifs is 1. The molecule has 0 saturated carbocycles. The van der Waals surface area contributed by atoms with Gasteiger partial charge in [0.25, 0.3) is 0 Å². The first kappa shape index (κ1) is 17.0. The minimum absolute atomic E-state index is 0.849. The molecule has 24 heavy (non-hydrogen) atoms. The van der Waals surface area contributed by atoms with Crippen molar-refractivity contribution in [1.29, 1.82) is 0 Å². The number of allylic oxidation sites excluding steroid dienone is 1. The van der Waals surface area contributed by atoms with Gasteiger partial charge in [0.05, 0.1) is 0 Å². The Bertz CT molecular complexity index is 663. The molecule has 0 saturated heterocycles. The summed E-state index contributed by atoms with van der Waals surface area (Å²) in [5, 5.41) is 0. The van der Waals surface area contributed by atoms with E-state index in [0.29, 0.717) is 0 Å². The van der Waals surface area contributed by atoms with Crippen molar-refractivity contribution in [2.24, 2.45) is 5.92 Å². The lowest BCUT2D eigenvalue weighted by molar-refractivity contribution is 0.427. The molecule has 0 amide bonds. The van der Waals surface area contributed by atoms with Crippen LogP contribution in [0.3, 0.4) is 0 Å². The van der Waals surface area contributed by atoms with E-state index < -0.39 is 0 Å². The van der Waals surface area contributed by atoms with Crippen molar-refractivity contribution >= 4 is 0 Å². The molecule has 2 aromatic rings.